The van der Waals surface area contributed by atoms with E-state index in [-0.39, 0.29) is 6.04 Å². The predicted octanol–water partition coefficient (Wildman–Crippen LogP) is 1.98. The van der Waals surface area contributed by atoms with Crippen LogP contribution in [-0.4, -0.2) is 15.0 Å². The van der Waals surface area contributed by atoms with Crippen molar-refractivity contribution in [2.45, 2.75) is 25.9 Å². The molecule has 0 aliphatic rings. The number of aryl methyl sites for hydroxylation is 1. The highest BCUT2D eigenvalue weighted by molar-refractivity contribution is 6.29. The molecule has 2 aromatic rings. The lowest BCUT2D eigenvalue weighted by Crippen LogP contribution is -2.17. The lowest BCUT2D eigenvalue weighted by Gasteiger charge is -2.11. The maximum absolute atomic E-state index is 6.09. The highest BCUT2D eigenvalue weighted by Crippen LogP contribution is 2.26. The summed E-state index contributed by atoms with van der Waals surface area (Å²) in [4.78, 5) is 0. The number of furan rings is 1. The second kappa shape index (κ2) is 4.67. The number of nitrogens with two attached hydrogens (primary N) is 1. The van der Waals surface area contributed by atoms with E-state index in [9.17, 15) is 0 Å². The molecule has 0 bridgehead atoms. The summed E-state index contributed by atoms with van der Waals surface area (Å²) in [6.45, 7) is 2.86. The molecule has 0 fully saturated rings. The summed E-state index contributed by atoms with van der Waals surface area (Å²) < 4.78 is 6.80. The second-order valence-corrected chi connectivity index (χ2v) is 3.85. The van der Waals surface area contributed by atoms with Crippen LogP contribution in [0.1, 0.15) is 30.6 Å². The Kier molecular flexibility index (Phi) is 3.26. The summed E-state index contributed by atoms with van der Waals surface area (Å²) >= 11 is 5.88. The van der Waals surface area contributed by atoms with Crippen molar-refractivity contribution in [1.29, 1.82) is 0 Å². The quantitative estimate of drug-likeness (QED) is 0.887. The standard InChI is InChI=1S/C10H13ClN4O/c1-2-4-15-8(6-13-14-15)9(12)7-3-5-16-10(7)11/h3,5-6,9H,2,4,12H2,1H3. The van der Waals surface area contributed by atoms with Crippen LogP contribution in [0.25, 0.3) is 0 Å². The number of rotatable bonds is 4. The van der Waals surface area contributed by atoms with Gasteiger partial charge in [0, 0.05) is 12.1 Å². The lowest BCUT2D eigenvalue weighted by atomic mass is 10.1. The molecule has 2 aromatic heterocycles. The minimum Gasteiger partial charge on any atom is -0.453 e. The van der Waals surface area contributed by atoms with Crippen molar-refractivity contribution in [3.8, 4) is 0 Å². The Morgan fingerprint density at radius 3 is 3.06 bits per heavy atom. The third-order valence-electron chi connectivity index (χ3n) is 2.38. The van der Waals surface area contributed by atoms with Crippen molar-refractivity contribution in [2.24, 2.45) is 5.73 Å². The normalized spacial score (nSPS) is 12.9. The van der Waals surface area contributed by atoms with E-state index in [1.807, 2.05) is 0 Å². The van der Waals surface area contributed by atoms with Crippen molar-refractivity contribution in [2.75, 3.05) is 0 Å². The first-order valence-corrected chi connectivity index (χ1v) is 5.48. The lowest BCUT2D eigenvalue weighted by molar-refractivity contribution is 0.537. The fourth-order valence-electron chi connectivity index (χ4n) is 1.58. The molecule has 0 aliphatic heterocycles. The molecule has 2 N–H and O–H groups in total. The summed E-state index contributed by atoms with van der Waals surface area (Å²) in [7, 11) is 0. The van der Waals surface area contributed by atoms with Gasteiger partial charge >= 0.3 is 0 Å². The maximum Gasteiger partial charge on any atom is 0.198 e. The SMILES string of the molecule is CCCn1nncc1C(N)c1ccoc1Cl. The first kappa shape index (κ1) is 11.2. The minimum absolute atomic E-state index is 0.316. The van der Waals surface area contributed by atoms with Crippen molar-refractivity contribution >= 4 is 11.6 Å². The number of hydrogen-bond donors (Lipinski definition) is 1. The van der Waals surface area contributed by atoms with Gasteiger partial charge in [0.15, 0.2) is 5.22 Å². The smallest absolute Gasteiger partial charge is 0.198 e. The number of aromatic nitrogens is 3. The van der Waals surface area contributed by atoms with E-state index >= 15 is 0 Å². The van der Waals surface area contributed by atoms with Crippen LogP contribution in [0.2, 0.25) is 5.22 Å². The van der Waals surface area contributed by atoms with Crippen molar-refractivity contribution in [3.63, 3.8) is 0 Å². The van der Waals surface area contributed by atoms with Gasteiger partial charge in [-0.3, -0.25) is 0 Å². The molecule has 0 radical (unpaired) electrons. The average Bonchev–Trinajstić information content (AvgIpc) is 2.87. The van der Waals surface area contributed by atoms with Crippen LogP contribution < -0.4 is 5.73 Å². The van der Waals surface area contributed by atoms with Gasteiger partial charge < -0.3 is 10.2 Å². The Bertz CT molecular complexity index is 465. The molecule has 1 atom stereocenters. The number of hydrogen-bond acceptors (Lipinski definition) is 4. The summed E-state index contributed by atoms with van der Waals surface area (Å²) in [6.07, 6.45) is 4.15. The molecule has 86 valence electrons. The molecule has 6 heteroatoms. The maximum atomic E-state index is 6.09. The number of halogens is 1. The summed E-state index contributed by atoms with van der Waals surface area (Å²) in [5.41, 5.74) is 7.68. The Hall–Kier alpha value is -1.33. The van der Waals surface area contributed by atoms with Crippen molar-refractivity contribution in [1.82, 2.24) is 15.0 Å². The molecule has 16 heavy (non-hydrogen) atoms. The van der Waals surface area contributed by atoms with Gasteiger partial charge in [-0.05, 0) is 24.1 Å². The fraction of sp³-hybridized carbons (Fsp3) is 0.400. The van der Waals surface area contributed by atoms with Gasteiger partial charge in [0.1, 0.15) is 0 Å². The fourth-order valence-corrected chi connectivity index (χ4v) is 1.81. The zero-order valence-corrected chi connectivity index (χ0v) is 9.68. The molecular formula is C10H13ClN4O. The van der Waals surface area contributed by atoms with E-state index < -0.39 is 0 Å². The second-order valence-electron chi connectivity index (χ2n) is 3.51. The Morgan fingerprint density at radius 2 is 2.44 bits per heavy atom. The molecule has 0 saturated carbocycles. The molecule has 0 aliphatic carbocycles. The van der Waals surface area contributed by atoms with Crippen LogP contribution in [0, 0.1) is 0 Å². The third-order valence-corrected chi connectivity index (χ3v) is 2.69. The van der Waals surface area contributed by atoms with Crippen molar-refractivity contribution < 1.29 is 4.42 Å². The van der Waals surface area contributed by atoms with Gasteiger partial charge in [-0.15, -0.1) is 5.10 Å². The van der Waals surface area contributed by atoms with E-state index in [0.29, 0.717) is 5.22 Å². The molecule has 2 heterocycles. The van der Waals surface area contributed by atoms with Gasteiger partial charge in [0.2, 0.25) is 0 Å². The largest absolute Gasteiger partial charge is 0.453 e. The topological polar surface area (TPSA) is 69.9 Å². The first-order chi connectivity index (χ1) is 7.74. The van der Waals surface area contributed by atoms with E-state index in [0.717, 1.165) is 24.2 Å². The van der Waals surface area contributed by atoms with Gasteiger partial charge in [-0.25, -0.2) is 4.68 Å². The summed E-state index contributed by atoms with van der Waals surface area (Å²) in [6, 6.07) is 1.41. The summed E-state index contributed by atoms with van der Waals surface area (Å²) in [5, 5.41) is 8.16. The van der Waals surface area contributed by atoms with E-state index in [1.165, 1.54) is 6.26 Å². The highest BCUT2D eigenvalue weighted by Gasteiger charge is 2.18. The molecule has 1 unspecified atom stereocenters. The van der Waals surface area contributed by atoms with E-state index in [1.54, 1.807) is 16.9 Å². The third kappa shape index (κ3) is 1.96. The number of nitrogens with zero attached hydrogens (tertiary/aromatic N) is 3. The zero-order valence-electron chi connectivity index (χ0n) is 8.93. The van der Waals surface area contributed by atoms with Gasteiger partial charge in [0.25, 0.3) is 0 Å². The van der Waals surface area contributed by atoms with E-state index in [2.05, 4.69) is 17.2 Å². The molecule has 5 nitrogen and oxygen atoms in total. The molecule has 0 spiro atoms. The van der Waals surface area contributed by atoms with Crippen LogP contribution in [-0.2, 0) is 6.54 Å². The van der Waals surface area contributed by atoms with E-state index in [4.69, 9.17) is 21.8 Å². The molecular weight excluding hydrogens is 228 g/mol. The molecule has 0 saturated heterocycles. The summed E-state index contributed by atoms with van der Waals surface area (Å²) in [5.74, 6) is 0. The average molecular weight is 241 g/mol. The highest BCUT2D eigenvalue weighted by atomic mass is 35.5. The molecule has 0 amide bonds. The zero-order chi connectivity index (χ0) is 11.5. The van der Waals surface area contributed by atoms with Crippen LogP contribution in [0.3, 0.4) is 0 Å². The van der Waals surface area contributed by atoms with Crippen LogP contribution in [0.4, 0.5) is 0 Å². The molecule has 2 rings (SSSR count). The Labute approximate surface area is 98.2 Å². The van der Waals surface area contributed by atoms with Gasteiger partial charge in [-0.1, -0.05) is 12.1 Å². The predicted molar refractivity (Wildman–Crippen MR) is 60.1 cm³/mol. The van der Waals surface area contributed by atoms with Gasteiger partial charge in [-0.2, -0.15) is 0 Å². The van der Waals surface area contributed by atoms with Crippen LogP contribution in [0.5, 0.6) is 0 Å². The first-order valence-electron chi connectivity index (χ1n) is 5.11. The monoisotopic (exact) mass is 240 g/mol. The van der Waals surface area contributed by atoms with Gasteiger partial charge in [0.05, 0.1) is 24.2 Å². The van der Waals surface area contributed by atoms with Crippen LogP contribution in [0.15, 0.2) is 22.9 Å². The minimum atomic E-state index is -0.354. The van der Waals surface area contributed by atoms with Crippen molar-refractivity contribution in [3.05, 3.63) is 35.0 Å². The Morgan fingerprint density at radius 1 is 1.62 bits per heavy atom. The Balaban J connectivity index is 2.30. The molecule has 0 aromatic carbocycles. The van der Waals surface area contributed by atoms with Crippen LogP contribution >= 0.6 is 11.6 Å².